The monoisotopic (exact) mass is 372 g/mol. The summed E-state index contributed by atoms with van der Waals surface area (Å²) in [6.07, 6.45) is 1.49. The van der Waals surface area contributed by atoms with Gasteiger partial charge in [0.1, 0.15) is 0 Å². The van der Waals surface area contributed by atoms with Gasteiger partial charge in [-0.15, -0.1) is 0 Å². The predicted molar refractivity (Wildman–Crippen MR) is 107 cm³/mol. The molecule has 4 rings (SSSR count). The molecule has 0 fully saturated rings. The lowest BCUT2D eigenvalue weighted by molar-refractivity contribution is 0.101. The van der Waals surface area contributed by atoms with Crippen LogP contribution in [-0.2, 0) is 0 Å². The fourth-order valence-electron chi connectivity index (χ4n) is 2.91. The molecule has 0 unspecified atom stereocenters. The lowest BCUT2D eigenvalue weighted by Crippen LogP contribution is -2.12. The highest BCUT2D eigenvalue weighted by Crippen LogP contribution is 2.20. The number of anilines is 1. The van der Waals surface area contributed by atoms with Gasteiger partial charge in [-0.3, -0.25) is 14.6 Å². The lowest BCUT2D eigenvalue weighted by atomic mass is 10.0. The number of carbonyl (C=O) groups is 2. The molecule has 28 heavy (non-hydrogen) atoms. The number of imidazole rings is 1. The Balaban J connectivity index is 1.54. The molecule has 0 saturated heterocycles. The number of pyridine rings is 1. The summed E-state index contributed by atoms with van der Waals surface area (Å²) in [6, 6.07) is 15.7. The Bertz CT molecular complexity index is 1250. The summed E-state index contributed by atoms with van der Waals surface area (Å²) in [4.78, 5) is 45.0. The number of aromatic amines is 2. The third-order valence-electron chi connectivity index (χ3n) is 4.36. The Morgan fingerprint density at radius 1 is 0.929 bits per heavy atom. The molecular formula is C21H16N4O3. The number of nitrogens with zero attached hydrogens (tertiary/aromatic N) is 1. The summed E-state index contributed by atoms with van der Waals surface area (Å²) in [5, 5.41) is 2.78. The first kappa shape index (κ1) is 17.4. The third-order valence-corrected chi connectivity index (χ3v) is 4.36. The van der Waals surface area contributed by atoms with Crippen molar-refractivity contribution in [2.24, 2.45) is 0 Å². The zero-order chi connectivity index (χ0) is 19.7. The van der Waals surface area contributed by atoms with Crippen LogP contribution in [0.1, 0.15) is 27.6 Å². The van der Waals surface area contributed by atoms with Crippen molar-refractivity contribution in [3.05, 3.63) is 82.4 Å². The van der Waals surface area contributed by atoms with Gasteiger partial charge in [-0.25, -0.2) is 4.79 Å². The molecule has 2 heterocycles. The number of nitrogens with one attached hydrogen (secondary N) is 3. The minimum absolute atomic E-state index is 0.0152. The van der Waals surface area contributed by atoms with Gasteiger partial charge in [-0.05, 0) is 43.3 Å². The summed E-state index contributed by atoms with van der Waals surface area (Å²) in [7, 11) is 0. The van der Waals surface area contributed by atoms with Crippen molar-refractivity contribution < 1.29 is 9.59 Å². The number of hydrogen-bond donors (Lipinski definition) is 3. The molecule has 4 aromatic rings. The highest BCUT2D eigenvalue weighted by atomic mass is 16.2. The number of hydrogen-bond acceptors (Lipinski definition) is 4. The minimum Gasteiger partial charge on any atom is -0.322 e. The number of fused-ring (bicyclic) bond motifs is 1. The molecule has 0 bridgehead atoms. The topological polar surface area (TPSA) is 108 Å². The van der Waals surface area contributed by atoms with Crippen LogP contribution in [0.2, 0.25) is 0 Å². The van der Waals surface area contributed by atoms with Crippen LogP contribution in [0.15, 0.2) is 65.6 Å². The Kier molecular flexibility index (Phi) is 4.33. The van der Waals surface area contributed by atoms with E-state index in [-0.39, 0.29) is 17.4 Å². The van der Waals surface area contributed by atoms with Gasteiger partial charge < -0.3 is 15.3 Å². The summed E-state index contributed by atoms with van der Waals surface area (Å²) >= 11 is 0. The number of H-pyrrole nitrogens is 2. The van der Waals surface area contributed by atoms with Crippen molar-refractivity contribution in [1.82, 2.24) is 15.0 Å². The maximum absolute atomic E-state index is 12.5. The molecule has 0 aliphatic rings. The maximum atomic E-state index is 12.5. The van der Waals surface area contributed by atoms with Gasteiger partial charge in [0.2, 0.25) is 0 Å². The number of Topliss-reactive ketones (excluding diaryl/α,β-unsaturated/α-hetero) is 1. The second kappa shape index (κ2) is 6.96. The largest absolute Gasteiger partial charge is 0.323 e. The van der Waals surface area contributed by atoms with Gasteiger partial charge in [-0.2, -0.15) is 0 Å². The SMILES string of the molecule is CC(=O)c1cccc(-c2ccc(C(=O)Nc3ccc4[nH]c(=O)[nH]c4c3)cn2)c1. The van der Waals surface area contributed by atoms with Crippen molar-refractivity contribution >= 4 is 28.4 Å². The van der Waals surface area contributed by atoms with Gasteiger partial charge >= 0.3 is 5.69 Å². The van der Waals surface area contributed by atoms with Crippen LogP contribution in [0.5, 0.6) is 0 Å². The summed E-state index contributed by atoms with van der Waals surface area (Å²) in [6.45, 7) is 1.51. The van der Waals surface area contributed by atoms with Crippen LogP contribution >= 0.6 is 0 Å². The molecule has 0 saturated carbocycles. The molecule has 7 heteroatoms. The second-order valence-corrected chi connectivity index (χ2v) is 6.36. The van der Waals surface area contributed by atoms with Gasteiger partial charge in [0.25, 0.3) is 5.91 Å². The Labute approximate surface area is 159 Å². The Hall–Kier alpha value is -4.00. The van der Waals surface area contributed by atoms with E-state index in [1.165, 1.54) is 13.1 Å². The third kappa shape index (κ3) is 3.45. The number of benzene rings is 2. The van der Waals surface area contributed by atoms with Gasteiger partial charge in [-0.1, -0.05) is 18.2 Å². The second-order valence-electron chi connectivity index (χ2n) is 6.36. The number of carbonyl (C=O) groups excluding carboxylic acids is 2. The minimum atomic E-state index is -0.311. The Morgan fingerprint density at radius 2 is 1.75 bits per heavy atom. The van der Waals surface area contributed by atoms with E-state index in [4.69, 9.17) is 0 Å². The highest BCUT2D eigenvalue weighted by molar-refractivity contribution is 6.05. The van der Waals surface area contributed by atoms with Crippen molar-refractivity contribution in [1.29, 1.82) is 0 Å². The molecule has 3 N–H and O–H groups in total. The molecule has 0 aliphatic carbocycles. The fourth-order valence-corrected chi connectivity index (χ4v) is 2.91. The average Bonchev–Trinajstić information content (AvgIpc) is 3.07. The van der Waals surface area contributed by atoms with Gasteiger partial charge in [0, 0.05) is 23.0 Å². The molecule has 0 spiro atoms. The van der Waals surface area contributed by atoms with Crippen molar-refractivity contribution in [3.8, 4) is 11.3 Å². The predicted octanol–water partition coefficient (Wildman–Crippen LogP) is 3.37. The average molecular weight is 372 g/mol. The van der Waals surface area contributed by atoms with E-state index in [0.29, 0.717) is 33.5 Å². The quantitative estimate of drug-likeness (QED) is 0.477. The van der Waals surface area contributed by atoms with Crippen LogP contribution < -0.4 is 11.0 Å². The van der Waals surface area contributed by atoms with Gasteiger partial charge in [0.05, 0.1) is 22.3 Å². The first-order chi connectivity index (χ1) is 13.5. The standard InChI is InChI=1S/C21H16N4O3/c1-12(26)13-3-2-4-14(9-13)17-7-5-15(11-22-17)20(27)23-16-6-8-18-19(10-16)25-21(28)24-18/h2-11H,1H3,(H,23,27)(H2,24,25,28). The molecule has 0 radical (unpaired) electrons. The molecule has 2 aromatic carbocycles. The highest BCUT2D eigenvalue weighted by Gasteiger charge is 2.09. The van der Waals surface area contributed by atoms with E-state index in [9.17, 15) is 14.4 Å². The number of amides is 1. The molecule has 0 aliphatic heterocycles. The normalized spacial score (nSPS) is 10.8. The van der Waals surface area contributed by atoms with E-state index in [0.717, 1.165) is 5.56 Å². The van der Waals surface area contributed by atoms with Crippen LogP contribution in [0.25, 0.3) is 22.3 Å². The zero-order valence-corrected chi connectivity index (χ0v) is 14.9. The maximum Gasteiger partial charge on any atom is 0.323 e. The van der Waals surface area contributed by atoms with Crippen LogP contribution in [0, 0.1) is 0 Å². The number of ketones is 1. The van der Waals surface area contributed by atoms with E-state index < -0.39 is 0 Å². The summed E-state index contributed by atoms with van der Waals surface area (Å²) in [5.41, 5.74) is 4.03. The van der Waals surface area contributed by atoms with Crippen LogP contribution in [0.3, 0.4) is 0 Å². The van der Waals surface area contributed by atoms with E-state index in [1.807, 2.05) is 6.07 Å². The molecule has 0 atom stereocenters. The number of aromatic nitrogens is 3. The molecule has 7 nitrogen and oxygen atoms in total. The lowest BCUT2D eigenvalue weighted by Gasteiger charge is -2.07. The van der Waals surface area contributed by atoms with E-state index in [1.54, 1.807) is 48.5 Å². The Morgan fingerprint density at radius 3 is 2.50 bits per heavy atom. The van der Waals surface area contributed by atoms with E-state index in [2.05, 4.69) is 20.3 Å². The zero-order valence-electron chi connectivity index (χ0n) is 14.9. The molecule has 1 amide bonds. The van der Waals surface area contributed by atoms with Crippen molar-refractivity contribution in [3.63, 3.8) is 0 Å². The molecule has 2 aromatic heterocycles. The molecule has 138 valence electrons. The smallest absolute Gasteiger partial charge is 0.322 e. The fraction of sp³-hybridized carbons (Fsp3) is 0.0476. The summed E-state index contributed by atoms with van der Waals surface area (Å²) < 4.78 is 0. The first-order valence-corrected chi connectivity index (χ1v) is 8.60. The van der Waals surface area contributed by atoms with Crippen LogP contribution in [0.4, 0.5) is 5.69 Å². The first-order valence-electron chi connectivity index (χ1n) is 8.60. The van der Waals surface area contributed by atoms with Gasteiger partial charge in [0.15, 0.2) is 5.78 Å². The van der Waals surface area contributed by atoms with Crippen LogP contribution in [-0.4, -0.2) is 26.6 Å². The number of rotatable bonds is 4. The van der Waals surface area contributed by atoms with Crippen molar-refractivity contribution in [2.45, 2.75) is 6.92 Å². The summed E-state index contributed by atoms with van der Waals surface area (Å²) in [5.74, 6) is -0.327. The van der Waals surface area contributed by atoms with E-state index >= 15 is 0 Å². The molecular weight excluding hydrogens is 356 g/mol. The van der Waals surface area contributed by atoms with Crippen molar-refractivity contribution in [2.75, 3.05) is 5.32 Å².